The second-order valence-corrected chi connectivity index (χ2v) is 3.89. The van der Waals surface area contributed by atoms with Crippen LogP contribution in [0.3, 0.4) is 0 Å². The van der Waals surface area contributed by atoms with E-state index in [1.165, 1.54) is 0 Å². The molecule has 0 aliphatic carbocycles. The molecular weight excluding hydrogens is 212 g/mol. The van der Waals surface area contributed by atoms with Crippen molar-refractivity contribution in [2.75, 3.05) is 11.9 Å². The summed E-state index contributed by atoms with van der Waals surface area (Å²) in [5, 5.41) is 12.7. The van der Waals surface area contributed by atoms with Gasteiger partial charge in [-0.15, -0.1) is 0 Å². The Labute approximate surface area is 101 Å². The zero-order valence-electron chi connectivity index (χ0n) is 9.51. The molecule has 3 heteroatoms. The minimum Gasteiger partial charge on any atom is -0.508 e. The normalized spacial score (nSPS) is 12.1. The predicted molar refractivity (Wildman–Crippen MR) is 70.0 cm³/mol. The van der Waals surface area contributed by atoms with Crippen LogP contribution in [0.25, 0.3) is 0 Å². The van der Waals surface area contributed by atoms with Crippen LogP contribution in [0, 0.1) is 0 Å². The molecule has 17 heavy (non-hydrogen) atoms. The Balaban J connectivity index is 2.16. The van der Waals surface area contributed by atoms with Crippen molar-refractivity contribution in [1.29, 1.82) is 0 Å². The van der Waals surface area contributed by atoms with E-state index in [1.807, 2.05) is 36.4 Å². The highest BCUT2D eigenvalue weighted by Gasteiger charge is 2.08. The van der Waals surface area contributed by atoms with E-state index < -0.39 is 0 Å². The lowest BCUT2D eigenvalue weighted by atomic mass is 10.1. The number of benzene rings is 2. The number of hydrogen-bond donors (Lipinski definition) is 3. The Morgan fingerprint density at radius 2 is 1.82 bits per heavy atom. The summed E-state index contributed by atoms with van der Waals surface area (Å²) in [4.78, 5) is 0. The Bertz CT molecular complexity index is 471. The highest BCUT2D eigenvalue weighted by molar-refractivity contribution is 5.49. The van der Waals surface area contributed by atoms with E-state index in [-0.39, 0.29) is 11.8 Å². The molecule has 0 bridgehead atoms. The van der Waals surface area contributed by atoms with Gasteiger partial charge in [0.1, 0.15) is 5.75 Å². The number of aromatic hydroxyl groups is 1. The summed E-state index contributed by atoms with van der Waals surface area (Å²) in [6.45, 7) is 0.500. The van der Waals surface area contributed by atoms with Gasteiger partial charge < -0.3 is 16.2 Å². The molecule has 0 aromatic heterocycles. The molecule has 0 aliphatic heterocycles. The van der Waals surface area contributed by atoms with Gasteiger partial charge in [-0.25, -0.2) is 0 Å². The van der Waals surface area contributed by atoms with Crippen molar-refractivity contribution in [1.82, 2.24) is 0 Å². The summed E-state index contributed by atoms with van der Waals surface area (Å²) in [6, 6.07) is 17.1. The number of rotatable bonds is 4. The SMILES string of the molecule is NCC(Nc1cccc(O)c1)c1ccccc1. The van der Waals surface area contributed by atoms with Crippen LogP contribution in [-0.4, -0.2) is 11.7 Å². The first kappa shape index (κ1) is 11.5. The molecule has 2 aromatic carbocycles. The third-order valence-corrected chi connectivity index (χ3v) is 2.62. The number of hydrogen-bond acceptors (Lipinski definition) is 3. The van der Waals surface area contributed by atoms with Crippen LogP contribution in [-0.2, 0) is 0 Å². The summed E-state index contributed by atoms with van der Waals surface area (Å²) in [7, 11) is 0. The van der Waals surface area contributed by atoms with E-state index in [2.05, 4.69) is 5.32 Å². The minimum atomic E-state index is 0.0537. The highest BCUT2D eigenvalue weighted by Crippen LogP contribution is 2.21. The second kappa shape index (κ2) is 5.37. The molecule has 0 spiro atoms. The van der Waals surface area contributed by atoms with Gasteiger partial charge in [-0.1, -0.05) is 36.4 Å². The summed E-state index contributed by atoms with van der Waals surface area (Å²) in [5.41, 5.74) is 7.77. The maximum atomic E-state index is 9.40. The molecule has 2 aromatic rings. The zero-order chi connectivity index (χ0) is 12.1. The molecule has 0 fully saturated rings. The van der Waals surface area contributed by atoms with Gasteiger partial charge in [-0.3, -0.25) is 0 Å². The number of anilines is 1. The fraction of sp³-hybridized carbons (Fsp3) is 0.143. The lowest BCUT2D eigenvalue weighted by Crippen LogP contribution is -2.20. The topological polar surface area (TPSA) is 58.3 Å². The van der Waals surface area contributed by atoms with Gasteiger partial charge in [0.05, 0.1) is 6.04 Å². The molecular formula is C14H16N2O. The van der Waals surface area contributed by atoms with Gasteiger partial charge in [0, 0.05) is 18.3 Å². The van der Waals surface area contributed by atoms with Gasteiger partial charge >= 0.3 is 0 Å². The van der Waals surface area contributed by atoms with Crippen molar-refractivity contribution in [3.05, 3.63) is 60.2 Å². The van der Waals surface area contributed by atoms with Crippen LogP contribution in [0.4, 0.5) is 5.69 Å². The van der Waals surface area contributed by atoms with E-state index in [9.17, 15) is 5.11 Å². The van der Waals surface area contributed by atoms with Crippen molar-refractivity contribution in [2.24, 2.45) is 5.73 Å². The third kappa shape index (κ3) is 2.98. The Kier molecular flexibility index (Phi) is 3.62. The first-order chi connectivity index (χ1) is 8.29. The fourth-order valence-corrected chi connectivity index (χ4v) is 1.76. The smallest absolute Gasteiger partial charge is 0.117 e. The Morgan fingerprint density at radius 3 is 2.47 bits per heavy atom. The van der Waals surface area contributed by atoms with Crippen molar-refractivity contribution in [3.8, 4) is 5.75 Å². The van der Waals surface area contributed by atoms with Gasteiger partial charge in [-0.2, -0.15) is 0 Å². The molecule has 0 saturated carbocycles. The lowest BCUT2D eigenvalue weighted by Gasteiger charge is -2.18. The molecule has 0 radical (unpaired) electrons. The van der Waals surface area contributed by atoms with Crippen LogP contribution >= 0.6 is 0 Å². The van der Waals surface area contributed by atoms with Crippen LogP contribution in [0.2, 0.25) is 0 Å². The zero-order valence-corrected chi connectivity index (χ0v) is 9.51. The first-order valence-corrected chi connectivity index (χ1v) is 5.60. The van der Waals surface area contributed by atoms with E-state index in [1.54, 1.807) is 18.2 Å². The standard InChI is InChI=1S/C14H16N2O/c15-10-14(11-5-2-1-3-6-11)16-12-7-4-8-13(17)9-12/h1-9,14,16-17H,10,15H2. The number of nitrogens with one attached hydrogen (secondary N) is 1. The summed E-state index contributed by atoms with van der Waals surface area (Å²) >= 11 is 0. The fourth-order valence-electron chi connectivity index (χ4n) is 1.76. The van der Waals surface area contributed by atoms with Crippen LogP contribution in [0.1, 0.15) is 11.6 Å². The maximum Gasteiger partial charge on any atom is 0.117 e. The number of phenolic OH excluding ortho intramolecular Hbond substituents is 1. The number of nitrogens with two attached hydrogens (primary N) is 1. The molecule has 0 heterocycles. The van der Waals surface area contributed by atoms with E-state index in [4.69, 9.17) is 5.73 Å². The van der Waals surface area contributed by atoms with Gasteiger partial charge in [0.2, 0.25) is 0 Å². The maximum absolute atomic E-state index is 9.40. The Hall–Kier alpha value is -2.00. The molecule has 88 valence electrons. The van der Waals surface area contributed by atoms with E-state index >= 15 is 0 Å². The van der Waals surface area contributed by atoms with Gasteiger partial charge in [-0.05, 0) is 17.7 Å². The summed E-state index contributed by atoms with van der Waals surface area (Å²) < 4.78 is 0. The molecule has 3 nitrogen and oxygen atoms in total. The molecule has 0 saturated heterocycles. The largest absolute Gasteiger partial charge is 0.508 e. The van der Waals surface area contributed by atoms with E-state index in [0.717, 1.165) is 11.3 Å². The van der Waals surface area contributed by atoms with Crippen molar-refractivity contribution in [2.45, 2.75) is 6.04 Å². The second-order valence-electron chi connectivity index (χ2n) is 3.89. The molecule has 0 amide bonds. The van der Waals surface area contributed by atoms with Crippen LogP contribution in [0.15, 0.2) is 54.6 Å². The Morgan fingerprint density at radius 1 is 1.06 bits per heavy atom. The van der Waals surface area contributed by atoms with Gasteiger partial charge in [0.15, 0.2) is 0 Å². The van der Waals surface area contributed by atoms with Crippen molar-refractivity contribution < 1.29 is 5.11 Å². The van der Waals surface area contributed by atoms with Crippen molar-refractivity contribution >= 4 is 5.69 Å². The summed E-state index contributed by atoms with van der Waals surface area (Å²) in [6.07, 6.45) is 0. The van der Waals surface area contributed by atoms with Gasteiger partial charge in [0.25, 0.3) is 0 Å². The average molecular weight is 228 g/mol. The molecule has 0 aliphatic rings. The molecule has 2 rings (SSSR count). The molecule has 1 unspecified atom stereocenters. The molecule has 4 N–H and O–H groups in total. The predicted octanol–water partition coefficient (Wildman–Crippen LogP) is 2.50. The quantitative estimate of drug-likeness (QED) is 0.753. The highest BCUT2D eigenvalue weighted by atomic mass is 16.3. The third-order valence-electron chi connectivity index (χ3n) is 2.62. The monoisotopic (exact) mass is 228 g/mol. The minimum absolute atomic E-state index is 0.0537. The summed E-state index contributed by atoms with van der Waals surface area (Å²) in [5.74, 6) is 0.249. The average Bonchev–Trinajstić information content (AvgIpc) is 2.37. The van der Waals surface area contributed by atoms with Crippen molar-refractivity contribution in [3.63, 3.8) is 0 Å². The molecule has 1 atom stereocenters. The number of phenols is 1. The van der Waals surface area contributed by atoms with E-state index in [0.29, 0.717) is 6.54 Å². The van der Waals surface area contributed by atoms with Crippen LogP contribution < -0.4 is 11.1 Å². The lowest BCUT2D eigenvalue weighted by molar-refractivity contribution is 0.475. The first-order valence-electron chi connectivity index (χ1n) is 5.60. The van der Waals surface area contributed by atoms with Crippen LogP contribution in [0.5, 0.6) is 5.75 Å².